The molecule has 2 aliphatic heterocycles. The highest BCUT2D eigenvalue weighted by atomic mass is 32.2. The summed E-state index contributed by atoms with van der Waals surface area (Å²) in [6, 6.07) is 8.39. The maximum Gasteiger partial charge on any atom is 0.265 e. The Bertz CT molecular complexity index is 961. The smallest absolute Gasteiger partial charge is 0.265 e. The number of benzene rings is 1. The quantitative estimate of drug-likeness (QED) is 0.546. The van der Waals surface area contributed by atoms with Crippen molar-refractivity contribution in [2.75, 3.05) is 25.0 Å². The van der Waals surface area contributed by atoms with Gasteiger partial charge in [0.15, 0.2) is 0 Å². The first kappa shape index (κ1) is 18.4. The molecular weight excluding hydrogens is 374 g/mol. The van der Waals surface area contributed by atoms with Crippen molar-refractivity contribution in [3.63, 3.8) is 0 Å². The first-order valence-electron chi connectivity index (χ1n) is 9.31. The number of likely N-dealkylation sites (N-methyl/N-ethyl adjacent to an activating group) is 1. The number of pyridine rings is 1. The Morgan fingerprint density at radius 3 is 2.70 bits per heavy atom. The maximum atomic E-state index is 12.5. The molecule has 1 amide bonds. The molecule has 0 bridgehead atoms. The number of piperidine rings is 1. The Morgan fingerprint density at radius 1 is 1.30 bits per heavy atom. The lowest BCUT2D eigenvalue weighted by Crippen LogP contribution is -2.34. The second kappa shape index (κ2) is 7.24. The van der Waals surface area contributed by atoms with Crippen LogP contribution in [0.15, 0.2) is 29.2 Å². The topological polar surface area (TPSA) is 36.4 Å². The zero-order valence-corrected chi connectivity index (χ0v) is 17.5. The van der Waals surface area contributed by atoms with Crippen molar-refractivity contribution < 1.29 is 4.79 Å². The lowest BCUT2D eigenvalue weighted by Gasteiger charge is -2.32. The summed E-state index contributed by atoms with van der Waals surface area (Å²) in [4.78, 5) is 22.1. The highest BCUT2D eigenvalue weighted by molar-refractivity contribution is 8.26. The van der Waals surface area contributed by atoms with E-state index in [0.717, 1.165) is 41.3 Å². The molecule has 2 aliphatic rings. The summed E-state index contributed by atoms with van der Waals surface area (Å²) < 4.78 is 0.601. The summed E-state index contributed by atoms with van der Waals surface area (Å²) in [7, 11) is 1.73. The van der Waals surface area contributed by atoms with Gasteiger partial charge < -0.3 is 4.90 Å². The highest BCUT2D eigenvalue weighted by Crippen LogP contribution is 2.35. The molecule has 4 nitrogen and oxygen atoms in total. The predicted octanol–water partition coefficient (Wildman–Crippen LogP) is 4.61. The molecule has 0 spiro atoms. The van der Waals surface area contributed by atoms with Crippen LogP contribution in [0.1, 0.15) is 30.9 Å². The van der Waals surface area contributed by atoms with E-state index in [-0.39, 0.29) is 5.91 Å². The second-order valence-electron chi connectivity index (χ2n) is 7.46. The molecule has 1 aromatic heterocycles. The largest absolute Gasteiger partial charge is 0.356 e. The van der Waals surface area contributed by atoms with E-state index < -0.39 is 0 Å². The van der Waals surface area contributed by atoms with Gasteiger partial charge >= 0.3 is 0 Å². The minimum Gasteiger partial charge on any atom is -0.356 e. The van der Waals surface area contributed by atoms with Gasteiger partial charge in [-0.3, -0.25) is 9.69 Å². The minimum absolute atomic E-state index is 0.0347. The van der Waals surface area contributed by atoms with E-state index >= 15 is 0 Å². The van der Waals surface area contributed by atoms with E-state index in [4.69, 9.17) is 17.2 Å². The van der Waals surface area contributed by atoms with Crippen LogP contribution in [-0.2, 0) is 4.79 Å². The van der Waals surface area contributed by atoms with E-state index in [0.29, 0.717) is 9.23 Å². The Balaban J connectivity index is 1.84. The first-order valence-corrected chi connectivity index (χ1v) is 10.5. The summed E-state index contributed by atoms with van der Waals surface area (Å²) in [5.74, 6) is 1.70. The minimum atomic E-state index is -0.0347. The number of hydrogen-bond donors (Lipinski definition) is 0. The molecule has 0 N–H and O–H groups in total. The summed E-state index contributed by atoms with van der Waals surface area (Å²) in [5.41, 5.74) is 3.20. The molecule has 0 atom stereocenters. The fraction of sp³-hybridized carbons (Fsp3) is 0.381. The predicted molar refractivity (Wildman–Crippen MR) is 118 cm³/mol. The third-order valence-electron chi connectivity index (χ3n) is 5.41. The Labute approximate surface area is 169 Å². The van der Waals surface area contributed by atoms with Gasteiger partial charge in [-0.05, 0) is 43.4 Å². The van der Waals surface area contributed by atoms with Gasteiger partial charge in [0.25, 0.3) is 5.91 Å². The van der Waals surface area contributed by atoms with Crippen molar-refractivity contribution in [2.45, 2.75) is 26.7 Å². The molecular formula is C21H23N3OS2. The third-order valence-corrected chi connectivity index (χ3v) is 6.90. The molecule has 0 aliphatic carbocycles. The monoisotopic (exact) mass is 397 g/mol. The van der Waals surface area contributed by atoms with Gasteiger partial charge in [0.1, 0.15) is 10.1 Å². The number of carbonyl (C=O) groups excluding carboxylic acids is 1. The van der Waals surface area contributed by atoms with Crippen LogP contribution in [0.5, 0.6) is 0 Å². The molecule has 0 unspecified atom stereocenters. The van der Waals surface area contributed by atoms with Crippen LogP contribution in [0.25, 0.3) is 17.0 Å². The number of nitrogens with zero attached hydrogens (tertiary/aromatic N) is 3. The van der Waals surface area contributed by atoms with Crippen LogP contribution in [0, 0.1) is 12.8 Å². The zero-order valence-electron chi connectivity index (χ0n) is 15.9. The van der Waals surface area contributed by atoms with E-state index in [1.165, 1.54) is 35.1 Å². The number of aryl methyl sites for hydroxylation is 1. The van der Waals surface area contributed by atoms with Gasteiger partial charge in [-0.1, -0.05) is 49.1 Å². The molecule has 140 valence electrons. The number of carbonyl (C=O) groups is 1. The van der Waals surface area contributed by atoms with Crippen molar-refractivity contribution in [2.24, 2.45) is 5.92 Å². The van der Waals surface area contributed by atoms with E-state index in [1.807, 2.05) is 6.08 Å². The number of fused-ring (bicyclic) bond motifs is 1. The molecule has 0 radical (unpaired) electrons. The average molecular weight is 398 g/mol. The summed E-state index contributed by atoms with van der Waals surface area (Å²) >= 11 is 6.64. The molecule has 4 rings (SSSR count). The van der Waals surface area contributed by atoms with E-state index in [9.17, 15) is 4.79 Å². The zero-order chi connectivity index (χ0) is 19.1. The highest BCUT2D eigenvalue weighted by Gasteiger charge is 2.29. The van der Waals surface area contributed by atoms with Gasteiger partial charge in [0.2, 0.25) is 0 Å². The van der Waals surface area contributed by atoms with Crippen molar-refractivity contribution in [3.05, 3.63) is 40.3 Å². The normalized spacial score (nSPS) is 20.3. The summed E-state index contributed by atoms with van der Waals surface area (Å²) in [5, 5.41) is 1.10. The van der Waals surface area contributed by atoms with E-state index in [2.05, 4.69) is 43.0 Å². The maximum absolute atomic E-state index is 12.5. The van der Waals surface area contributed by atoms with Crippen molar-refractivity contribution in [1.82, 2.24) is 9.88 Å². The van der Waals surface area contributed by atoms with Gasteiger partial charge in [-0.25, -0.2) is 4.98 Å². The van der Waals surface area contributed by atoms with Crippen LogP contribution < -0.4 is 4.90 Å². The molecule has 1 aromatic carbocycles. The fourth-order valence-electron chi connectivity index (χ4n) is 3.62. The molecule has 27 heavy (non-hydrogen) atoms. The number of aromatic nitrogens is 1. The fourth-order valence-corrected chi connectivity index (χ4v) is 4.79. The van der Waals surface area contributed by atoms with Gasteiger partial charge in [0.05, 0.1) is 10.4 Å². The molecule has 3 heterocycles. The Hall–Kier alpha value is -1.92. The van der Waals surface area contributed by atoms with Crippen LogP contribution in [0.2, 0.25) is 0 Å². The van der Waals surface area contributed by atoms with Gasteiger partial charge in [-0.15, -0.1) is 0 Å². The Morgan fingerprint density at radius 2 is 2.04 bits per heavy atom. The van der Waals surface area contributed by atoms with E-state index in [1.54, 1.807) is 7.05 Å². The van der Waals surface area contributed by atoms with Crippen LogP contribution in [0.4, 0.5) is 5.82 Å². The van der Waals surface area contributed by atoms with Crippen LogP contribution in [0.3, 0.4) is 0 Å². The Kier molecular flexibility index (Phi) is 4.95. The number of thioether (sulfide) groups is 1. The molecule has 0 saturated carbocycles. The first-order chi connectivity index (χ1) is 12.9. The van der Waals surface area contributed by atoms with Crippen molar-refractivity contribution in [1.29, 1.82) is 0 Å². The third kappa shape index (κ3) is 3.48. The van der Waals surface area contributed by atoms with Gasteiger partial charge in [-0.2, -0.15) is 0 Å². The number of anilines is 1. The average Bonchev–Trinajstić information content (AvgIpc) is 2.89. The number of para-hydroxylation sites is 1. The standard InChI is InChI=1S/C21H23N3OS2/c1-13-7-9-24(10-8-13)19-16(12-17-20(25)23(3)21(26)27-17)11-15-6-4-5-14(2)18(15)22-19/h4-6,11-13H,7-10H2,1-3H3/b17-12-. The van der Waals surface area contributed by atoms with Crippen molar-refractivity contribution >= 4 is 57.0 Å². The SMILES string of the molecule is Cc1cccc2cc(/C=C3\SC(=S)N(C)C3=O)c(N3CCC(C)CC3)nc12. The molecule has 2 fully saturated rings. The summed E-state index contributed by atoms with van der Waals surface area (Å²) in [6.45, 7) is 6.41. The van der Waals surface area contributed by atoms with Crippen LogP contribution >= 0.6 is 24.0 Å². The summed E-state index contributed by atoms with van der Waals surface area (Å²) in [6.07, 6.45) is 4.30. The molecule has 6 heteroatoms. The number of hydrogen-bond acceptors (Lipinski definition) is 5. The lowest BCUT2D eigenvalue weighted by atomic mass is 9.98. The van der Waals surface area contributed by atoms with Crippen LogP contribution in [-0.4, -0.2) is 40.2 Å². The number of rotatable bonds is 2. The number of thiocarbonyl (C=S) groups is 1. The molecule has 2 aromatic rings. The second-order valence-corrected chi connectivity index (χ2v) is 9.13. The van der Waals surface area contributed by atoms with Gasteiger partial charge in [0, 0.05) is 31.1 Å². The molecule has 2 saturated heterocycles. The number of amides is 1. The lowest BCUT2D eigenvalue weighted by molar-refractivity contribution is -0.121. The van der Waals surface area contributed by atoms with Crippen molar-refractivity contribution in [3.8, 4) is 0 Å².